The van der Waals surface area contributed by atoms with Gasteiger partial charge in [-0.3, -0.25) is 9.89 Å². The Bertz CT molecular complexity index is 725. The van der Waals surface area contributed by atoms with Crippen LogP contribution in [0.5, 0.6) is 5.88 Å². The zero-order valence-electron chi connectivity index (χ0n) is 13.4. The number of methoxy groups -OCH3 is 1. The van der Waals surface area contributed by atoms with Crippen LogP contribution in [0.1, 0.15) is 40.6 Å². The van der Waals surface area contributed by atoms with Gasteiger partial charge < -0.3 is 15.2 Å². The van der Waals surface area contributed by atoms with Gasteiger partial charge >= 0.3 is 0 Å². The number of aliphatic hydroxyl groups excluding tert-OH is 1. The van der Waals surface area contributed by atoms with Crippen molar-refractivity contribution in [3.63, 3.8) is 0 Å². The Morgan fingerprint density at radius 3 is 2.75 bits per heavy atom. The summed E-state index contributed by atoms with van der Waals surface area (Å²) >= 11 is 6.10. The first kappa shape index (κ1) is 16.7. The lowest BCUT2D eigenvalue weighted by Gasteiger charge is -2.38. The van der Waals surface area contributed by atoms with E-state index < -0.39 is 0 Å². The van der Waals surface area contributed by atoms with Crippen LogP contribution in [0.2, 0.25) is 5.02 Å². The van der Waals surface area contributed by atoms with Gasteiger partial charge in [-0.1, -0.05) is 17.7 Å². The quantitative estimate of drug-likeness (QED) is 0.766. The zero-order valence-corrected chi connectivity index (χ0v) is 14.2. The first-order valence-corrected chi connectivity index (χ1v) is 8.06. The summed E-state index contributed by atoms with van der Waals surface area (Å²) in [6.07, 6.45) is 2.61. The molecule has 1 aliphatic carbocycles. The summed E-state index contributed by atoms with van der Waals surface area (Å²) in [5, 5.41) is 19.5. The largest absolute Gasteiger partial charge is 0.481 e. The monoisotopic (exact) mass is 350 g/mol. The number of aryl methyl sites for hydroxylation is 1. The highest BCUT2D eigenvalue weighted by molar-refractivity contribution is 6.34. The Morgan fingerprint density at radius 1 is 1.50 bits per heavy atom. The molecule has 1 aliphatic rings. The fourth-order valence-electron chi connectivity index (χ4n) is 2.85. The Balaban J connectivity index is 1.82. The average Bonchev–Trinajstić information content (AvgIpc) is 2.89. The number of carbonyl (C=O) groups is 1. The van der Waals surface area contributed by atoms with E-state index in [9.17, 15) is 9.90 Å². The highest BCUT2D eigenvalue weighted by Gasteiger charge is 2.36. The third-order valence-electron chi connectivity index (χ3n) is 4.32. The highest BCUT2D eigenvalue weighted by Crippen LogP contribution is 2.38. The molecule has 0 aromatic carbocycles. The SMILES string of the molecule is COc1ccc(C(NC(=O)c2n[nH]c(C)c2Cl)C2CC(O)C2)cn1. The fraction of sp³-hybridized carbons (Fsp3) is 0.438. The number of hydrogen-bond donors (Lipinski definition) is 3. The number of carbonyl (C=O) groups excluding carboxylic acids is 1. The summed E-state index contributed by atoms with van der Waals surface area (Å²) in [7, 11) is 1.55. The van der Waals surface area contributed by atoms with E-state index in [1.54, 1.807) is 26.3 Å². The second kappa shape index (κ2) is 6.78. The molecule has 1 fully saturated rings. The number of rotatable bonds is 5. The molecule has 1 atom stereocenters. The fourth-order valence-corrected chi connectivity index (χ4v) is 3.02. The number of amides is 1. The third-order valence-corrected chi connectivity index (χ3v) is 4.79. The van der Waals surface area contributed by atoms with Crippen LogP contribution in [0.3, 0.4) is 0 Å². The molecule has 1 saturated carbocycles. The minimum absolute atomic E-state index is 0.137. The number of ether oxygens (including phenoxy) is 1. The zero-order chi connectivity index (χ0) is 17.3. The van der Waals surface area contributed by atoms with Crippen LogP contribution in [0.4, 0.5) is 0 Å². The lowest BCUT2D eigenvalue weighted by atomic mass is 9.75. The molecule has 3 N–H and O–H groups in total. The molecule has 24 heavy (non-hydrogen) atoms. The topological polar surface area (TPSA) is 100 Å². The van der Waals surface area contributed by atoms with Crippen LogP contribution in [0, 0.1) is 12.8 Å². The van der Waals surface area contributed by atoms with Gasteiger partial charge in [0.05, 0.1) is 30.0 Å². The van der Waals surface area contributed by atoms with E-state index in [1.807, 2.05) is 6.07 Å². The molecule has 0 radical (unpaired) electrons. The minimum Gasteiger partial charge on any atom is -0.481 e. The van der Waals surface area contributed by atoms with E-state index in [0.29, 0.717) is 29.4 Å². The predicted molar refractivity (Wildman–Crippen MR) is 88.1 cm³/mol. The van der Waals surface area contributed by atoms with E-state index in [2.05, 4.69) is 20.5 Å². The molecule has 2 aromatic rings. The molecular weight excluding hydrogens is 332 g/mol. The lowest BCUT2D eigenvalue weighted by Crippen LogP contribution is -2.41. The molecule has 3 rings (SSSR count). The molecule has 8 heteroatoms. The van der Waals surface area contributed by atoms with Crippen molar-refractivity contribution in [2.45, 2.75) is 31.9 Å². The van der Waals surface area contributed by atoms with Crippen molar-refractivity contribution >= 4 is 17.5 Å². The number of halogens is 1. The van der Waals surface area contributed by atoms with E-state index in [1.165, 1.54) is 0 Å². The summed E-state index contributed by atoms with van der Waals surface area (Å²) in [6.45, 7) is 1.75. The maximum absolute atomic E-state index is 12.5. The predicted octanol–water partition coefficient (Wildman–Crippen LogP) is 2.02. The van der Waals surface area contributed by atoms with Gasteiger partial charge in [0, 0.05) is 12.3 Å². The Morgan fingerprint density at radius 2 is 2.25 bits per heavy atom. The number of pyridine rings is 1. The van der Waals surface area contributed by atoms with E-state index in [-0.39, 0.29) is 29.7 Å². The number of nitrogens with zero attached hydrogens (tertiary/aromatic N) is 2. The molecule has 2 aromatic heterocycles. The molecule has 7 nitrogen and oxygen atoms in total. The molecule has 0 bridgehead atoms. The van der Waals surface area contributed by atoms with Crippen molar-refractivity contribution in [3.8, 4) is 5.88 Å². The average molecular weight is 351 g/mol. The third kappa shape index (κ3) is 3.22. The van der Waals surface area contributed by atoms with Crippen molar-refractivity contribution in [2.24, 2.45) is 5.92 Å². The second-order valence-corrected chi connectivity index (χ2v) is 6.36. The summed E-state index contributed by atoms with van der Waals surface area (Å²) < 4.78 is 5.07. The van der Waals surface area contributed by atoms with Crippen LogP contribution in [0.25, 0.3) is 0 Å². The minimum atomic E-state index is -0.355. The van der Waals surface area contributed by atoms with Crippen LogP contribution in [-0.2, 0) is 0 Å². The van der Waals surface area contributed by atoms with Crippen molar-refractivity contribution in [1.29, 1.82) is 0 Å². The highest BCUT2D eigenvalue weighted by atomic mass is 35.5. The normalized spacial score (nSPS) is 21.0. The molecular formula is C16H19ClN4O3. The van der Waals surface area contributed by atoms with Crippen molar-refractivity contribution in [1.82, 2.24) is 20.5 Å². The summed E-state index contributed by atoms with van der Waals surface area (Å²) in [5.74, 6) is 0.285. The molecule has 128 valence electrons. The smallest absolute Gasteiger partial charge is 0.273 e. The van der Waals surface area contributed by atoms with Gasteiger partial charge in [0.15, 0.2) is 5.69 Å². The number of hydrogen-bond acceptors (Lipinski definition) is 5. The lowest BCUT2D eigenvalue weighted by molar-refractivity contribution is 0.0234. The number of H-pyrrole nitrogens is 1. The molecule has 0 aliphatic heterocycles. The van der Waals surface area contributed by atoms with Gasteiger partial charge in [0.1, 0.15) is 0 Å². The van der Waals surface area contributed by atoms with Crippen molar-refractivity contribution in [3.05, 3.63) is 40.3 Å². The van der Waals surface area contributed by atoms with E-state index in [4.69, 9.17) is 16.3 Å². The maximum atomic E-state index is 12.5. The first-order valence-electron chi connectivity index (χ1n) is 7.69. The van der Waals surface area contributed by atoms with Gasteiger partial charge in [0.25, 0.3) is 5.91 Å². The Kier molecular flexibility index (Phi) is 4.73. The van der Waals surface area contributed by atoms with Crippen LogP contribution in [-0.4, -0.2) is 39.4 Å². The molecule has 1 amide bonds. The Hall–Kier alpha value is -2.12. The molecule has 1 unspecified atom stereocenters. The van der Waals surface area contributed by atoms with Crippen LogP contribution < -0.4 is 10.1 Å². The van der Waals surface area contributed by atoms with Gasteiger partial charge in [-0.2, -0.15) is 5.10 Å². The molecule has 2 heterocycles. The van der Waals surface area contributed by atoms with Crippen molar-refractivity contribution < 1.29 is 14.6 Å². The Labute approximate surface area is 144 Å². The van der Waals surface area contributed by atoms with Gasteiger partial charge in [-0.15, -0.1) is 0 Å². The number of aromatic nitrogens is 3. The second-order valence-electron chi connectivity index (χ2n) is 5.98. The maximum Gasteiger partial charge on any atom is 0.273 e. The standard InChI is InChI=1S/C16H19ClN4O3/c1-8-13(17)15(21-20-8)16(23)19-14(10-5-11(22)6-10)9-3-4-12(24-2)18-7-9/h3-4,7,10-11,14,22H,5-6H2,1-2H3,(H,19,23)(H,20,21). The van der Waals surface area contributed by atoms with E-state index in [0.717, 1.165) is 5.56 Å². The number of nitrogens with one attached hydrogen (secondary N) is 2. The number of aromatic amines is 1. The summed E-state index contributed by atoms with van der Waals surface area (Å²) in [5.41, 5.74) is 1.66. The molecule has 0 saturated heterocycles. The van der Waals surface area contributed by atoms with Gasteiger partial charge in [-0.25, -0.2) is 4.98 Å². The van der Waals surface area contributed by atoms with E-state index >= 15 is 0 Å². The van der Waals surface area contributed by atoms with Crippen LogP contribution in [0.15, 0.2) is 18.3 Å². The van der Waals surface area contributed by atoms with Gasteiger partial charge in [-0.05, 0) is 31.2 Å². The summed E-state index contributed by atoms with van der Waals surface area (Å²) in [6, 6.07) is 3.33. The van der Waals surface area contributed by atoms with Crippen LogP contribution >= 0.6 is 11.6 Å². The van der Waals surface area contributed by atoms with Gasteiger partial charge in [0.2, 0.25) is 5.88 Å². The molecule has 0 spiro atoms. The summed E-state index contributed by atoms with van der Waals surface area (Å²) in [4.78, 5) is 16.7. The first-order chi connectivity index (χ1) is 11.5. The van der Waals surface area contributed by atoms with Crippen molar-refractivity contribution in [2.75, 3.05) is 7.11 Å². The number of aliphatic hydroxyl groups is 1.